The molecule has 1 aromatic carbocycles. The molecule has 1 heterocycles. The van der Waals surface area contributed by atoms with Crippen molar-refractivity contribution in [2.24, 2.45) is 0 Å². The molecule has 1 N–H and O–H groups in total. The molecule has 0 fully saturated rings. The lowest BCUT2D eigenvalue weighted by Crippen LogP contribution is -2.24. The van der Waals surface area contributed by atoms with Crippen molar-refractivity contribution in [1.29, 1.82) is 0 Å². The zero-order valence-electron chi connectivity index (χ0n) is 11.3. The summed E-state index contributed by atoms with van der Waals surface area (Å²) in [5.41, 5.74) is 1.28. The van der Waals surface area contributed by atoms with Gasteiger partial charge < -0.3 is 5.32 Å². The van der Waals surface area contributed by atoms with E-state index in [1.54, 1.807) is 18.2 Å². The SMILES string of the molecule is C=CC(=O)NC(C)c1sc(-c2ccccc2F)nc1C. The summed E-state index contributed by atoms with van der Waals surface area (Å²) in [7, 11) is 0. The second kappa shape index (κ2) is 5.96. The van der Waals surface area contributed by atoms with E-state index in [4.69, 9.17) is 0 Å². The van der Waals surface area contributed by atoms with Crippen molar-refractivity contribution in [2.45, 2.75) is 19.9 Å². The topological polar surface area (TPSA) is 42.0 Å². The lowest BCUT2D eigenvalue weighted by Gasteiger charge is -2.10. The van der Waals surface area contributed by atoms with Gasteiger partial charge in [-0.2, -0.15) is 0 Å². The molecule has 1 amide bonds. The highest BCUT2D eigenvalue weighted by atomic mass is 32.1. The number of amides is 1. The van der Waals surface area contributed by atoms with E-state index in [0.717, 1.165) is 10.6 Å². The van der Waals surface area contributed by atoms with E-state index in [1.807, 2.05) is 13.8 Å². The monoisotopic (exact) mass is 290 g/mol. The molecule has 0 saturated heterocycles. The van der Waals surface area contributed by atoms with Gasteiger partial charge in [-0.3, -0.25) is 4.79 Å². The van der Waals surface area contributed by atoms with Crippen LogP contribution in [-0.4, -0.2) is 10.9 Å². The Morgan fingerprint density at radius 2 is 2.20 bits per heavy atom. The number of aryl methyl sites for hydroxylation is 1. The molecule has 1 atom stereocenters. The Bertz CT molecular complexity index is 651. The second-order valence-electron chi connectivity index (χ2n) is 4.38. The Labute approximate surface area is 121 Å². The van der Waals surface area contributed by atoms with Gasteiger partial charge in [-0.15, -0.1) is 11.3 Å². The van der Waals surface area contributed by atoms with Crippen LogP contribution in [0.1, 0.15) is 23.5 Å². The van der Waals surface area contributed by atoms with Crippen LogP contribution in [0.25, 0.3) is 10.6 Å². The van der Waals surface area contributed by atoms with Crippen LogP contribution < -0.4 is 5.32 Å². The Hall–Kier alpha value is -2.01. The molecule has 5 heteroatoms. The van der Waals surface area contributed by atoms with Crippen molar-refractivity contribution in [2.75, 3.05) is 0 Å². The number of carbonyl (C=O) groups excluding carboxylic acids is 1. The van der Waals surface area contributed by atoms with E-state index >= 15 is 0 Å². The molecule has 0 aliphatic rings. The van der Waals surface area contributed by atoms with Crippen molar-refractivity contribution >= 4 is 17.2 Å². The quantitative estimate of drug-likeness (QED) is 0.874. The third kappa shape index (κ3) is 2.93. The summed E-state index contributed by atoms with van der Waals surface area (Å²) >= 11 is 1.39. The van der Waals surface area contributed by atoms with Crippen molar-refractivity contribution in [3.63, 3.8) is 0 Å². The largest absolute Gasteiger partial charge is 0.345 e. The number of halogens is 1. The van der Waals surface area contributed by atoms with E-state index < -0.39 is 0 Å². The number of rotatable bonds is 4. The van der Waals surface area contributed by atoms with Gasteiger partial charge in [0.15, 0.2) is 0 Å². The standard InChI is InChI=1S/C15H15FN2OS/c1-4-13(19)17-9(2)14-10(3)18-15(20-14)11-7-5-6-8-12(11)16/h4-9H,1H2,2-3H3,(H,17,19). The number of aromatic nitrogens is 1. The molecule has 0 aliphatic heterocycles. The number of carbonyl (C=O) groups is 1. The second-order valence-corrected chi connectivity index (χ2v) is 5.41. The lowest BCUT2D eigenvalue weighted by atomic mass is 10.2. The molecule has 3 nitrogen and oxygen atoms in total. The van der Waals surface area contributed by atoms with Crippen LogP contribution >= 0.6 is 11.3 Å². The Kier molecular flexibility index (Phi) is 4.29. The molecule has 0 bridgehead atoms. The first-order valence-electron chi connectivity index (χ1n) is 6.18. The van der Waals surface area contributed by atoms with E-state index in [-0.39, 0.29) is 17.8 Å². The Morgan fingerprint density at radius 1 is 1.50 bits per heavy atom. The molecule has 1 aromatic heterocycles. The average molecular weight is 290 g/mol. The maximum absolute atomic E-state index is 13.8. The Morgan fingerprint density at radius 3 is 2.85 bits per heavy atom. The van der Waals surface area contributed by atoms with Crippen LogP contribution in [0, 0.1) is 12.7 Å². The van der Waals surface area contributed by atoms with Gasteiger partial charge in [-0.25, -0.2) is 9.37 Å². The third-order valence-corrected chi connectivity index (χ3v) is 4.25. The number of hydrogen-bond donors (Lipinski definition) is 1. The van der Waals surface area contributed by atoms with Gasteiger partial charge in [0, 0.05) is 5.56 Å². The fourth-order valence-electron chi connectivity index (χ4n) is 1.90. The van der Waals surface area contributed by atoms with Gasteiger partial charge in [0.05, 0.1) is 16.6 Å². The van der Waals surface area contributed by atoms with Gasteiger partial charge in [-0.05, 0) is 32.1 Å². The molecule has 0 aliphatic carbocycles. The van der Waals surface area contributed by atoms with E-state index in [2.05, 4.69) is 16.9 Å². The molecule has 20 heavy (non-hydrogen) atoms. The predicted molar refractivity (Wildman–Crippen MR) is 79.0 cm³/mol. The lowest BCUT2D eigenvalue weighted by molar-refractivity contribution is -0.117. The van der Waals surface area contributed by atoms with Crippen LogP contribution in [0.4, 0.5) is 4.39 Å². The number of nitrogens with one attached hydrogen (secondary N) is 1. The molecule has 2 rings (SSSR count). The molecule has 0 radical (unpaired) electrons. The van der Waals surface area contributed by atoms with Crippen molar-refractivity contribution in [3.05, 3.63) is 53.3 Å². The zero-order valence-corrected chi connectivity index (χ0v) is 12.1. The van der Waals surface area contributed by atoms with Crippen LogP contribution in [0.5, 0.6) is 0 Å². The first kappa shape index (κ1) is 14.4. The third-order valence-electron chi connectivity index (χ3n) is 2.87. The Balaban J connectivity index is 2.32. The van der Waals surface area contributed by atoms with Crippen molar-refractivity contribution in [1.82, 2.24) is 10.3 Å². The van der Waals surface area contributed by atoms with Gasteiger partial charge >= 0.3 is 0 Å². The summed E-state index contributed by atoms with van der Waals surface area (Å²) in [5.74, 6) is -0.534. The summed E-state index contributed by atoms with van der Waals surface area (Å²) in [6.07, 6.45) is 1.23. The maximum Gasteiger partial charge on any atom is 0.243 e. The summed E-state index contributed by atoms with van der Waals surface area (Å²) in [5, 5.41) is 3.41. The summed E-state index contributed by atoms with van der Waals surface area (Å²) in [6.45, 7) is 7.14. The van der Waals surface area contributed by atoms with Gasteiger partial charge in [0.1, 0.15) is 10.8 Å². The molecule has 2 aromatic rings. The van der Waals surface area contributed by atoms with Crippen LogP contribution in [0.15, 0.2) is 36.9 Å². The van der Waals surface area contributed by atoms with Crippen molar-refractivity contribution in [3.8, 4) is 10.6 Å². The van der Waals surface area contributed by atoms with E-state index in [1.165, 1.54) is 23.5 Å². The fraction of sp³-hybridized carbons (Fsp3) is 0.200. The fourth-order valence-corrected chi connectivity index (χ4v) is 2.99. The predicted octanol–water partition coefficient (Wildman–Crippen LogP) is 3.62. The van der Waals surface area contributed by atoms with Crippen LogP contribution in [0.3, 0.4) is 0 Å². The maximum atomic E-state index is 13.8. The summed E-state index contributed by atoms with van der Waals surface area (Å²) < 4.78 is 13.8. The average Bonchev–Trinajstić information content (AvgIpc) is 2.81. The molecule has 0 saturated carbocycles. The summed E-state index contributed by atoms with van der Waals surface area (Å²) in [6, 6.07) is 6.35. The molecular weight excluding hydrogens is 275 g/mol. The van der Waals surface area contributed by atoms with E-state index in [9.17, 15) is 9.18 Å². The smallest absolute Gasteiger partial charge is 0.243 e. The molecular formula is C15H15FN2OS. The normalized spacial score (nSPS) is 11.9. The molecule has 0 spiro atoms. The highest BCUT2D eigenvalue weighted by Gasteiger charge is 2.17. The molecule has 1 unspecified atom stereocenters. The highest BCUT2D eigenvalue weighted by Crippen LogP contribution is 2.32. The van der Waals surface area contributed by atoms with Gasteiger partial charge in [-0.1, -0.05) is 18.7 Å². The number of benzene rings is 1. The first-order chi connectivity index (χ1) is 9.52. The highest BCUT2D eigenvalue weighted by molar-refractivity contribution is 7.15. The van der Waals surface area contributed by atoms with Crippen LogP contribution in [0.2, 0.25) is 0 Å². The minimum atomic E-state index is -0.296. The number of hydrogen-bond acceptors (Lipinski definition) is 3. The molecule has 104 valence electrons. The van der Waals surface area contributed by atoms with Gasteiger partial charge in [0.25, 0.3) is 0 Å². The van der Waals surface area contributed by atoms with Crippen molar-refractivity contribution < 1.29 is 9.18 Å². The van der Waals surface area contributed by atoms with E-state index in [0.29, 0.717) is 10.6 Å². The minimum Gasteiger partial charge on any atom is -0.345 e. The number of nitrogens with zero attached hydrogens (tertiary/aromatic N) is 1. The van der Waals surface area contributed by atoms with Crippen LogP contribution in [-0.2, 0) is 4.79 Å². The summed E-state index contributed by atoms with van der Waals surface area (Å²) in [4.78, 5) is 16.6. The number of thiazole rings is 1. The minimum absolute atomic E-state index is 0.182. The zero-order chi connectivity index (χ0) is 14.7. The van der Waals surface area contributed by atoms with Gasteiger partial charge in [0.2, 0.25) is 5.91 Å². The first-order valence-corrected chi connectivity index (χ1v) is 6.99.